The lowest BCUT2D eigenvalue weighted by Crippen LogP contribution is -2.37. The maximum atomic E-state index is 11.8. The molecule has 2 aromatic rings. The predicted octanol–water partition coefficient (Wildman–Crippen LogP) is 1.87. The number of piperidine rings is 1. The van der Waals surface area contributed by atoms with E-state index >= 15 is 0 Å². The van der Waals surface area contributed by atoms with Crippen molar-refractivity contribution in [2.24, 2.45) is 5.92 Å². The molecule has 0 N–H and O–H groups in total. The summed E-state index contributed by atoms with van der Waals surface area (Å²) in [6, 6.07) is 9.94. The van der Waals surface area contributed by atoms with E-state index in [1.807, 2.05) is 37.3 Å². The topological polar surface area (TPSA) is 73.1 Å². The van der Waals surface area contributed by atoms with Gasteiger partial charge in [-0.05, 0) is 68.4 Å². The van der Waals surface area contributed by atoms with Gasteiger partial charge in [0.05, 0.1) is 18.2 Å². The van der Waals surface area contributed by atoms with Gasteiger partial charge >= 0.3 is 5.97 Å². The molecule has 1 aromatic carbocycles. The first-order chi connectivity index (χ1) is 12.3. The molecule has 25 heavy (non-hydrogen) atoms. The van der Waals surface area contributed by atoms with Crippen LogP contribution in [0, 0.1) is 5.92 Å². The van der Waals surface area contributed by atoms with Crippen molar-refractivity contribution in [1.82, 2.24) is 25.1 Å². The van der Waals surface area contributed by atoms with Gasteiger partial charge in [-0.2, -0.15) is 4.68 Å². The number of para-hydroxylation sites is 1. The van der Waals surface area contributed by atoms with Gasteiger partial charge in [0.2, 0.25) is 0 Å². The number of carbonyl (C=O) groups is 1. The first-order valence-electron chi connectivity index (χ1n) is 8.99. The van der Waals surface area contributed by atoms with E-state index in [4.69, 9.17) is 4.74 Å². The van der Waals surface area contributed by atoms with Crippen molar-refractivity contribution in [3.63, 3.8) is 0 Å². The molecular weight excluding hydrogens is 318 g/mol. The zero-order valence-corrected chi connectivity index (χ0v) is 14.7. The first kappa shape index (κ1) is 17.5. The normalized spacial score (nSPS) is 16.0. The van der Waals surface area contributed by atoms with Crippen LogP contribution in [0.5, 0.6) is 0 Å². The van der Waals surface area contributed by atoms with Gasteiger partial charge in [0.25, 0.3) is 0 Å². The Morgan fingerprint density at radius 2 is 2.00 bits per heavy atom. The summed E-state index contributed by atoms with van der Waals surface area (Å²) in [6.07, 6.45) is 3.61. The fraction of sp³-hybridized carbons (Fsp3) is 0.556. The molecule has 0 spiro atoms. The molecule has 0 saturated carbocycles. The number of carbonyl (C=O) groups excluding carboxylic acids is 1. The highest BCUT2D eigenvalue weighted by Crippen LogP contribution is 2.19. The summed E-state index contributed by atoms with van der Waals surface area (Å²) < 4.78 is 6.92. The van der Waals surface area contributed by atoms with Crippen LogP contribution in [0.1, 0.15) is 32.0 Å². The molecule has 7 nitrogen and oxygen atoms in total. The van der Waals surface area contributed by atoms with Crippen molar-refractivity contribution in [3.8, 4) is 5.69 Å². The number of hydrogen-bond acceptors (Lipinski definition) is 6. The van der Waals surface area contributed by atoms with Crippen molar-refractivity contribution in [1.29, 1.82) is 0 Å². The molecule has 1 aliphatic heterocycles. The number of benzene rings is 1. The fourth-order valence-corrected chi connectivity index (χ4v) is 3.24. The first-order valence-corrected chi connectivity index (χ1v) is 8.99. The number of aromatic nitrogens is 4. The van der Waals surface area contributed by atoms with E-state index in [1.54, 1.807) is 4.68 Å². The highest BCUT2D eigenvalue weighted by atomic mass is 16.5. The third-order valence-electron chi connectivity index (χ3n) is 4.62. The summed E-state index contributed by atoms with van der Waals surface area (Å²) in [5.41, 5.74) is 0.984. The Labute approximate surface area is 148 Å². The van der Waals surface area contributed by atoms with Crippen LogP contribution >= 0.6 is 0 Å². The summed E-state index contributed by atoms with van der Waals surface area (Å²) in [6.45, 7) is 5.22. The highest BCUT2D eigenvalue weighted by Gasteiger charge is 2.25. The summed E-state index contributed by atoms with van der Waals surface area (Å²) in [5.74, 6) is 0.915. The second-order valence-corrected chi connectivity index (χ2v) is 6.31. The van der Waals surface area contributed by atoms with Crippen LogP contribution in [0.15, 0.2) is 30.3 Å². The molecule has 134 valence electrons. The van der Waals surface area contributed by atoms with Crippen molar-refractivity contribution < 1.29 is 9.53 Å². The Balaban J connectivity index is 1.44. The van der Waals surface area contributed by atoms with Crippen LogP contribution in [-0.4, -0.2) is 57.3 Å². The zero-order chi connectivity index (χ0) is 17.5. The smallest absolute Gasteiger partial charge is 0.309 e. The Kier molecular flexibility index (Phi) is 6.11. The van der Waals surface area contributed by atoms with E-state index in [1.165, 1.54) is 0 Å². The molecule has 0 bridgehead atoms. The molecule has 1 aliphatic rings. The van der Waals surface area contributed by atoms with Gasteiger partial charge in [0, 0.05) is 6.42 Å². The molecule has 1 aromatic heterocycles. The van der Waals surface area contributed by atoms with Crippen molar-refractivity contribution in [2.75, 3.05) is 26.2 Å². The molecule has 1 saturated heterocycles. The van der Waals surface area contributed by atoms with Gasteiger partial charge in [0.1, 0.15) is 0 Å². The minimum atomic E-state index is -0.0378. The minimum absolute atomic E-state index is 0.0378. The number of hydrogen-bond donors (Lipinski definition) is 0. The number of ether oxygens (including phenoxy) is 1. The van der Waals surface area contributed by atoms with Gasteiger partial charge in [-0.1, -0.05) is 18.2 Å². The summed E-state index contributed by atoms with van der Waals surface area (Å²) in [5, 5.41) is 12.1. The van der Waals surface area contributed by atoms with Gasteiger partial charge in [-0.15, -0.1) is 5.10 Å². The number of esters is 1. The molecule has 0 radical (unpaired) electrons. The molecule has 2 heterocycles. The van der Waals surface area contributed by atoms with E-state index in [-0.39, 0.29) is 11.9 Å². The van der Waals surface area contributed by atoms with E-state index in [0.717, 1.165) is 56.8 Å². The number of tetrazole rings is 1. The Morgan fingerprint density at radius 1 is 1.24 bits per heavy atom. The van der Waals surface area contributed by atoms with Crippen LogP contribution in [0.4, 0.5) is 0 Å². The SMILES string of the molecule is CCOC(=O)C1CCN(CCCc2nnnn2-c2ccccc2)CC1. The Hall–Kier alpha value is -2.28. The summed E-state index contributed by atoms with van der Waals surface area (Å²) >= 11 is 0. The molecule has 0 unspecified atom stereocenters. The van der Waals surface area contributed by atoms with E-state index in [9.17, 15) is 4.79 Å². The standard InChI is InChI=1S/C18H25N5O2/c1-2-25-18(24)15-10-13-22(14-11-15)12-6-9-17-19-20-21-23(17)16-7-4-3-5-8-16/h3-5,7-8,15H,2,6,9-14H2,1H3. The molecule has 0 aliphatic carbocycles. The van der Waals surface area contributed by atoms with Crippen LogP contribution in [-0.2, 0) is 16.0 Å². The van der Waals surface area contributed by atoms with Gasteiger partial charge < -0.3 is 9.64 Å². The quantitative estimate of drug-likeness (QED) is 0.715. The zero-order valence-electron chi connectivity index (χ0n) is 14.7. The van der Waals surface area contributed by atoms with Crippen molar-refractivity contribution in [2.45, 2.75) is 32.6 Å². The molecule has 1 fully saturated rings. The molecule has 7 heteroatoms. The lowest BCUT2D eigenvalue weighted by molar-refractivity contribution is -0.149. The Morgan fingerprint density at radius 3 is 2.72 bits per heavy atom. The average Bonchev–Trinajstić information content (AvgIpc) is 3.12. The van der Waals surface area contributed by atoms with E-state index in [0.29, 0.717) is 6.61 Å². The predicted molar refractivity (Wildman–Crippen MR) is 93.3 cm³/mol. The maximum absolute atomic E-state index is 11.8. The minimum Gasteiger partial charge on any atom is -0.466 e. The fourth-order valence-electron chi connectivity index (χ4n) is 3.24. The van der Waals surface area contributed by atoms with Crippen LogP contribution < -0.4 is 0 Å². The second kappa shape index (κ2) is 8.71. The van der Waals surface area contributed by atoms with Crippen LogP contribution in [0.2, 0.25) is 0 Å². The van der Waals surface area contributed by atoms with Crippen molar-refractivity contribution in [3.05, 3.63) is 36.2 Å². The van der Waals surface area contributed by atoms with Crippen molar-refractivity contribution >= 4 is 5.97 Å². The van der Waals surface area contributed by atoms with Gasteiger partial charge in [-0.3, -0.25) is 4.79 Å². The lowest BCUT2D eigenvalue weighted by Gasteiger charge is -2.30. The number of aryl methyl sites for hydroxylation is 1. The highest BCUT2D eigenvalue weighted by molar-refractivity contribution is 5.72. The number of likely N-dealkylation sites (tertiary alicyclic amines) is 1. The number of rotatable bonds is 7. The lowest BCUT2D eigenvalue weighted by atomic mass is 9.97. The molecule has 0 amide bonds. The average molecular weight is 343 g/mol. The third-order valence-corrected chi connectivity index (χ3v) is 4.62. The second-order valence-electron chi connectivity index (χ2n) is 6.31. The monoisotopic (exact) mass is 343 g/mol. The third kappa shape index (κ3) is 4.63. The van der Waals surface area contributed by atoms with E-state index < -0.39 is 0 Å². The summed E-state index contributed by atoms with van der Waals surface area (Å²) in [7, 11) is 0. The van der Waals surface area contributed by atoms with Gasteiger partial charge in [0.15, 0.2) is 5.82 Å². The van der Waals surface area contributed by atoms with Crippen LogP contribution in [0.3, 0.4) is 0 Å². The molecule has 3 rings (SSSR count). The Bertz CT molecular complexity index is 665. The van der Waals surface area contributed by atoms with Crippen LogP contribution in [0.25, 0.3) is 5.69 Å². The largest absolute Gasteiger partial charge is 0.466 e. The maximum Gasteiger partial charge on any atom is 0.309 e. The molecular formula is C18H25N5O2. The summed E-state index contributed by atoms with van der Waals surface area (Å²) in [4.78, 5) is 14.2. The molecule has 0 atom stereocenters. The van der Waals surface area contributed by atoms with E-state index in [2.05, 4.69) is 20.4 Å². The number of nitrogens with zero attached hydrogens (tertiary/aromatic N) is 5. The van der Waals surface area contributed by atoms with Gasteiger partial charge in [-0.25, -0.2) is 0 Å².